The van der Waals surface area contributed by atoms with Crippen LogP contribution in [0.3, 0.4) is 0 Å². The summed E-state index contributed by atoms with van der Waals surface area (Å²) in [7, 11) is 0. The highest BCUT2D eigenvalue weighted by Gasteiger charge is 1.99. The molecule has 0 saturated heterocycles. The molecule has 0 amide bonds. The van der Waals surface area contributed by atoms with Crippen molar-refractivity contribution in [2.45, 2.75) is 20.3 Å². The molecule has 0 aliphatic rings. The van der Waals surface area contributed by atoms with Gasteiger partial charge in [-0.15, -0.1) is 0 Å². The van der Waals surface area contributed by atoms with Gasteiger partial charge in [0.15, 0.2) is 6.29 Å². The van der Waals surface area contributed by atoms with Gasteiger partial charge in [0.1, 0.15) is 5.82 Å². The van der Waals surface area contributed by atoms with E-state index in [0.29, 0.717) is 12.0 Å². The number of pyridine rings is 1. The molecular formula is C15H16FNO. The van der Waals surface area contributed by atoms with Gasteiger partial charge in [-0.2, -0.15) is 0 Å². The van der Waals surface area contributed by atoms with Crippen LogP contribution in [0, 0.1) is 5.82 Å². The molecule has 0 atom stereocenters. The van der Waals surface area contributed by atoms with Crippen LogP contribution in [-0.2, 0) is 6.42 Å². The Bertz CT molecular complexity index is 494. The quantitative estimate of drug-likeness (QED) is 0.772. The van der Waals surface area contributed by atoms with Crippen LogP contribution in [-0.4, -0.2) is 11.3 Å². The fraction of sp³-hybridized carbons (Fsp3) is 0.200. The summed E-state index contributed by atoms with van der Waals surface area (Å²) in [5, 5.41) is 0. The van der Waals surface area contributed by atoms with Gasteiger partial charge >= 0.3 is 0 Å². The number of carbonyl (C=O) groups excluding carboxylic acids is 1. The summed E-state index contributed by atoms with van der Waals surface area (Å²) >= 11 is 0. The van der Waals surface area contributed by atoms with Crippen molar-refractivity contribution < 1.29 is 9.18 Å². The first-order chi connectivity index (χ1) is 8.78. The number of aromatic nitrogens is 1. The van der Waals surface area contributed by atoms with Crippen molar-refractivity contribution in [3.63, 3.8) is 0 Å². The molecule has 0 aliphatic carbocycles. The molecule has 0 radical (unpaired) electrons. The molecule has 1 aromatic carbocycles. The zero-order chi connectivity index (χ0) is 13.4. The minimum Gasteiger partial charge on any atom is -0.298 e. The van der Waals surface area contributed by atoms with E-state index in [9.17, 15) is 9.18 Å². The van der Waals surface area contributed by atoms with E-state index in [4.69, 9.17) is 0 Å². The highest BCUT2D eigenvalue weighted by Crippen LogP contribution is 2.09. The van der Waals surface area contributed by atoms with E-state index >= 15 is 0 Å². The number of carbonyl (C=O) groups is 1. The van der Waals surface area contributed by atoms with Crippen LogP contribution in [0.1, 0.15) is 35.5 Å². The maximum atomic E-state index is 12.9. The van der Waals surface area contributed by atoms with Crippen LogP contribution in [0.5, 0.6) is 0 Å². The monoisotopic (exact) mass is 245 g/mol. The van der Waals surface area contributed by atoms with E-state index in [-0.39, 0.29) is 5.82 Å². The number of nitrogens with zero attached hydrogens (tertiary/aromatic N) is 1. The van der Waals surface area contributed by atoms with Gasteiger partial charge < -0.3 is 0 Å². The highest BCUT2D eigenvalue weighted by molar-refractivity contribution is 5.73. The lowest BCUT2D eigenvalue weighted by Crippen LogP contribution is -1.93. The number of rotatable bonds is 3. The minimum absolute atomic E-state index is 0.248. The molecule has 0 unspecified atom stereocenters. The molecule has 3 heteroatoms. The van der Waals surface area contributed by atoms with Crippen LogP contribution in [0.25, 0.3) is 0 Å². The molecule has 0 fully saturated rings. The Morgan fingerprint density at radius 1 is 1.22 bits per heavy atom. The Morgan fingerprint density at radius 2 is 2.00 bits per heavy atom. The van der Waals surface area contributed by atoms with Crippen LogP contribution in [0.15, 0.2) is 42.6 Å². The zero-order valence-corrected chi connectivity index (χ0v) is 10.6. The SMILES string of the molecule is CC.O=Cc1ccc(Cc2cccc(F)c2)nc1. The molecule has 0 saturated carbocycles. The summed E-state index contributed by atoms with van der Waals surface area (Å²) in [6.07, 6.45) is 2.83. The summed E-state index contributed by atoms with van der Waals surface area (Å²) in [6, 6.07) is 9.88. The van der Waals surface area contributed by atoms with Crippen LogP contribution < -0.4 is 0 Å². The van der Waals surface area contributed by atoms with Crippen molar-refractivity contribution in [1.82, 2.24) is 4.98 Å². The minimum atomic E-state index is -0.248. The summed E-state index contributed by atoms with van der Waals surface area (Å²) in [5.41, 5.74) is 2.23. The van der Waals surface area contributed by atoms with Gasteiger partial charge in [0.2, 0.25) is 0 Å². The Kier molecular flexibility index (Phi) is 5.71. The van der Waals surface area contributed by atoms with E-state index < -0.39 is 0 Å². The molecule has 2 nitrogen and oxygen atoms in total. The second-order valence-electron chi connectivity index (χ2n) is 3.51. The van der Waals surface area contributed by atoms with Crippen molar-refractivity contribution in [3.05, 3.63) is 65.2 Å². The standard InChI is InChI=1S/C13H10FNO.C2H6/c14-12-3-1-2-10(6-12)7-13-5-4-11(9-16)8-15-13;1-2/h1-6,8-9H,7H2;1-2H3. The van der Waals surface area contributed by atoms with E-state index in [1.165, 1.54) is 18.3 Å². The van der Waals surface area contributed by atoms with Gasteiger partial charge in [-0.1, -0.05) is 26.0 Å². The molecule has 0 aliphatic heterocycles. The zero-order valence-electron chi connectivity index (χ0n) is 10.6. The van der Waals surface area contributed by atoms with Crippen LogP contribution in [0.4, 0.5) is 4.39 Å². The molecule has 0 N–H and O–H groups in total. The van der Waals surface area contributed by atoms with E-state index in [1.54, 1.807) is 18.2 Å². The molecule has 1 heterocycles. The van der Waals surface area contributed by atoms with Crippen molar-refractivity contribution in [2.75, 3.05) is 0 Å². The number of benzene rings is 1. The van der Waals surface area contributed by atoms with Crippen molar-refractivity contribution >= 4 is 6.29 Å². The second kappa shape index (κ2) is 7.33. The average molecular weight is 245 g/mol. The summed E-state index contributed by atoms with van der Waals surface area (Å²) in [5.74, 6) is -0.248. The summed E-state index contributed by atoms with van der Waals surface area (Å²) in [6.45, 7) is 4.00. The summed E-state index contributed by atoms with van der Waals surface area (Å²) in [4.78, 5) is 14.6. The first kappa shape index (κ1) is 14.0. The number of hydrogen-bond donors (Lipinski definition) is 0. The Labute approximate surface area is 107 Å². The van der Waals surface area contributed by atoms with Gasteiger partial charge in [-0.3, -0.25) is 9.78 Å². The molecule has 1 aromatic heterocycles. The fourth-order valence-corrected chi connectivity index (χ4v) is 1.47. The van der Waals surface area contributed by atoms with Crippen LogP contribution in [0.2, 0.25) is 0 Å². The van der Waals surface area contributed by atoms with E-state index in [0.717, 1.165) is 17.5 Å². The lowest BCUT2D eigenvalue weighted by atomic mass is 10.1. The van der Waals surface area contributed by atoms with Crippen LogP contribution >= 0.6 is 0 Å². The molecule has 2 rings (SSSR count). The second-order valence-corrected chi connectivity index (χ2v) is 3.51. The average Bonchev–Trinajstić information content (AvgIpc) is 2.42. The maximum absolute atomic E-state index is 12.9. The van der Waals surface area contributed by atoms with Gasteiger partial charge in [-0.25, -0.2) is 4.39 Å². The Balaban J connectivity index is 0.000000771. The predicted molar refractivity (Wildman–Crippen MR) is 70.2 cm³/mol. The third kappa shape index (κ3) is 4.09. The largest absolute Gasteiger partial charge is 0.298 e. The third-order valence-electron chi connectivity index (χ3n) is 2.26. The topological polar surface area (TPSA) is 30.0 Å². The molecule has 0 spiro atoms. The predicted octanol–water partition coefficient (Wildman–Crippen LogP) is 3.65. The van der Waals surface area contributed by atoms with Gasteiger partial charge in [0.25, 0.3) is 0 Å². The Morgan fingerprint density at radius 3 is 2.56 bits per heavy atom. The lowest BCUT2D eigenvalue weighted by molar-refractivity contribution is 0.112. The van der Waals surface area contributed by atoms with Crippen molar-refractivity contribution in [2.24, 2.45) is 0 Å². The molecule has 2 aromatic rings. The first-order valence-corrected chi connectivity index (χ1v) is 5.92. The van der Waals surface area contributed by atoms with Gasteiger partial charge in [-0.05, 0) is 29.8 Å². The van der Waals surface area contributed by atoms with Crippen molar-refractivity contribution in [3.8, 4) is 0 Å². The number of hydrogen-bond acceptors (Lipinski definition) is 2. The molecule has 94 valence electrons. The molecule has 18 heavy (non-hydrogen) atoms. The maximum Gasteiger partial charge on any atom is 0.151 e. The van der Waals surface area contributed by atoms with Crippen molar-refractivity contribution in [1.29, 1.82) is 0 Å². The number of halogens is 1. The first-order valence-electron chi connectivity index (χ1n) is 5.92. The fourth-order valence-electron chi connectivity index (χ4n) is 1.47. The molecule has 0 bridgehead atoms. The van der Waals surface area contributed by atoms with E-state index in [2.05, 4.69) is 4.98 Å². The highest BCUT2D eigenvalue weighted by atomic mass is 19.1. The lowest BCUT2D eigenvalue weighted by Gasteiger charge is -2.01. The Hall–Kier alpha value is -2.03. The van der Waals surface area contributed by atoms with Gasteiger partial charge in [0.05, 0.1) is 0 Å². The molecular weight excluding hydrogens is 229 g/mol. The third-order valence-corrected chi connectivity index (χ3v) is 2.26. The smallest absolute Gasteiger partial charge is 0.151 e. The van der Waals surface area contributed by atoms with E-state index in [1.807, 2.05) is 19.9 Å². The van der Waals surface area contributed by atoms with Gasteiger partial charge in [0, 0.05) is 23.9 Å². The normalized spacial score (nSPS) is 9.28. The summed E-state index contributed by atoms with van der Waals surface area (Å²) < 4.78 is 12.9. The number of aldehydes is 1.